The standard InChI is InChI=1S/C13H15NOS/c1-10(9-16)8-15-13-6-2-5-12-11(13)4-3-7-14-12/h2-7,10,16H,8-9H2,1H3. The van der Waals surface area contributed by atoms with Crippen molar-refractivity contribution in [2.24, 2.45) is 5.92 Å². The van der Waals surface area contributed by atoms with Crippen molar-refractivity contribution in [1.82, 2.24) is 4.98 Å². The number of fused-ring (bicyclic) bond motifs is 1. The first-order valence-electron chi connectivity index (χ1n) is 5.38. The van der Waals surface area contributed by atoms with Crippen LogP contribution in [0.15, 0.2) is 36.5 Å². The SMILES string of the molecule is CC(CS)COc1cccc2ncccc12. The second-order valence-electron chi connectivity index (χ2n) is 3.92. The van der Waals surface area contributed by atoms with E-state index in [2.05, 4.69) is 24.5 Å². The van der Waals surface area contributed by atoms with Gasteiger partial charge in [-0.25, -0.2) is 0 Å². The Hall–Kier alpha value is -1.22. The zero-order valence-electron chi connectivity index (χ0n) is 9.26. The topological polar surface area (TPSA) is 22.1 Å². The molecule has 0 radical (unpaired) electrons. The van der Waals surface area contributed by atoms with Crippen molar-refractivity contribution in [1.29, 1.82) is 0 Å². The van der Waals surface area contributed by atoms with Gasteiger partial charge < -0.3 is 4.74 Å². The van der Waals surface area contributed by atoms with E-state index in [0.717, 1.165) is 22.4 Å². The van der Waals surface area contributed by atoms with Gasteiger partial charge in [-0.05, 0) is 35.9 Å². The van der Waals surface area contributed by atoms with E-state index < -0.39 is 0 Å². The number of ether oxygens (including phenoxy) is 1. The van der Waals surface area contributed by atoms with E-state index in [1.165, 1.54) is 0 Å². The van der Waals surface area contributed by atoms with Gasteiger partial charge in [-0.15, -0.1) is 0 Å². The smallest absolute Gasteiger partial charge is 0.128 e. The van der Waals surface area contributed by atoms with Gasteiger partial charge in [0.1, 0.15) is 5.75 Å². The van der Waals surface area contributed by atoms with Gasteiger partial charge in [0.25, 0.3) is 0 Å². The molecule has 16 heavy (non-hydrogen) atoms. The Morgan fingerprint density at radius 3 is 3.00 bits per heavy atom. The molecule has 0 spiro atoms. The van der Waals surface area contributed by atoms with Crippen molar-refractivity contribution in [2.45, 2.75) is 6.92 Å². The van der Waals surface area contributed by atoms with Crippen LogP contribution in [0.25, 0.3) is 10.9 Å². The normalized spacial score (nSPS) is 12.6. The van der Waals surface area contributed by atoms with Crippen LogP contribution in [0.3, 0.4) is 0 Å². The van der Waals surface area contributed by atoms with E-state index in [0.29, 0.717) is 12.5 Å². The monoisotopic (exact) mass is 233 g/mol. The number of pyridine rings is 1. The van der Waals surface area contributed by atoms with E-state index in [-0.39, 0.29) is 0 Å². The molecular weight excluding hydrogens is 218 g/mol. The van der Waals surface area contributed by atoms with E-state index in [9.17, 15) is 0 Å². The van der Waals surface area contributed by atoms with Gasteiger partial charge in [0.2, 0.25) is 0 Å². The molecule has 2 aromatic rings. The number of benzene rings is 1. The van der Waals surface area contributed by atoms with E-state index >= 15 is 0 Å². The van der Waals surface area contributed by atoms with Crippen molar-refractivity contribution in [3.63, 3.8) is 0 Å². The molecule has 0 aliphatic heterocycles. The van der Waals surface area contributed by atoms with Crippen LogP contribution in [-0.2, 0) is 0 Å². The summed E-state index contributed by atoms with van der Waals surface area (Å²) in [5.74, 6) is 2.19. The van der Waals surface area contributed by atoms with Crippen LogP contribution in [0, 0.1) is 5.92 Å². The van der Waals surface area contributed by atoms with Gasteiger partial charge in [-0.1, -0.05) is 13.0 Å². The van der Waals surface area contributed by atoms with Crippen LogP contribution in [-0.4, -0.2) is 17.3 Å². The Morgan fingerprint density at radius 2 is 2.19 bits per heavy atom. The molecule has 1 heterocycles. The highest BCUT2D eigenvalue weighted by atomic mass is 32.1. The summed E-state index contributed by atoms with van der Waals surface area (Å²) in [7, 11) is 0. The van der Waals surface area contributed by atoms with Crippen molar-refractivity contribution in [3.05, 3.63) is 36.5 Å². The molecular formula is C13H15NOS. The molecule has 1 unspecified atom stereocenters. The van der Waals surface area contributed by atoms with Gasteiger partial charge in [0, 0.05) is 11.6 Å². The van der Waals surface area contributed by atoms with Crippen molar-refractivity contribution in [3.8, 4) is 5.75 Å². The number of hydrogen-bond donors (Lipinski definition) is 1. The van der Waals surface area contributed by atoms with Gasteiger partial charge in [-0.3, -0.25) is 4.98 Å². The highest BCUT2D eigenvalue weighted by Crippen LogP contribution is 2.24. The third-order valence-electron chi connectivity index (χ3n) is 2.44. The maximum atomic E-state index is 5.78. The Labute approximate surface area is 101 Å². The lowest BCUT2D eigenvalue weighted by molar-refractivity contribution is 0.276. The summed E-state index contributed by atoms with van der Waals surface area (Å²) < 4.78 is 5.78. The van der Waals surface area contributed by atoms with Crippen LogP contribution >= 0.6 is 12.6 Å². The summed E-state index contributed by atoms with van der Waals surface area (Å²) in [4.78, 5) is 4.29. The van der Waals surface area contributed by atoms with Crippen molar-refractivity contribution < 1.29 is 4.74 Å². The molecule has 0 amide bonds. The predicted octanol–water partition coefficient (Wildman–Crippen LogP) is 3.18. The second-order valence-corrected chi connectivity index (χ2v) is 4.29. The average molecular weight is 233 g/mol. The number of aromatic nitrogens is 1. The van der Waals surface area contributed by atoms with Crippen LogP contribution in [0.2, 0.25) is 0 Å². The van der Waals surface area contributed by atoms with Gasteiger partial charge in [-0.2, -0.15) is 12.6 Å². The van der Waals surface area contributed by atoms with Gasteiger partial charge >= 0.3 is 0 Å². The number of hydrogen-bond acceptors (Lipinski definition) is 3. The quantitative estimate of drug-likeness (QED) is 0.819. The van der Waals surface area contributed by atoms with Crippen molar-refractivity contribution >= 4 is 23.5 Å². The molecule has 2 nitrogen and oxygen atoms in total. The highest BCUT2D eigenvalue weighted by molar-refractivity contribution is 7.80. The Kier molecular flexibility index (Phi) is 3.67. The molecule has 3 heteroatoms. The summed E-state index contributed by atoms with van der Waals surface area (Å²) in [5.41, 5.74) is 0.971. The average Bonchev–Trinajstić information content (AvgIpc) is 2.35. The van der Waals surface area contributed by atoms with Gasteiger partial charge in [0.05, 0.1) is 12.1 Å². The zero-order chi connectivity index (χ0) is 11.4. The lowest BCUT2D eigenvalue weighted by atomic mass is 10.2. The number of nitrogens with zero attached hydrogens (tertiary/aromatic N) is 1. The molecule has 0 aliphatic rings. The first kappa shape index (κ1) is 11.3. The zero-order valence-corrected chi connectivity index (χ0v) is 10.2. The summed E-state index contributed by atoms with van der Waals surface area (Å²) in [6, 6.07) is 9.90. The summed E-state index contributed by atoms with van der Waals surface area (Å²) in [6.45, 7) is 2.81. The molecule has 0 saturated carbocycles. The summed E-state index contributed by atoms with van der Waals surface area (Å²) in [5, 5.41) is 1.07. The first-order valence-corrected chi connectivity index (χ1v) is 6.02. The molecule has 84 valence electrons. The summed E-state index contributed by atoms with van der Waals surface area (Å²) >= 11 is 4.24. The van der Waals surface area contributed by atoms with Crippen LogP contribution < -0.4 is 4.74 Å². The molecule has 1 aromatic carbocycles. The molecule has 0 fully saturated rings. The molecule has 2 rings (SSSR count). The minimum atomic E-state index is 0.454. The predicted molar refractivity (Wildman–Crippen MR) is 70.3 cm³/mol. The minimum absolute atomic E-state index is 0.454. The molecule has 0 aliphatic carbocycles. The fraction of sp³-hybridized carbons (Fsp3) is 0.308. The van der Waals surface area contributed by atoms with Crippen molar-refractivity contribution in [2.75, 3.05) is 12.4 Å². The van der Waals surface area contributed by atoms with Crippen LogP contribution in [0.5, 0.6) is 5.75 Å². The van der Waals surface area contributed by atoms with Crippen LogP contribution in [0.1, 0.15) is 6.92 Å². The Balaban J connectivity index is 2.23. The van der Waals surface area contributed by atoms with E-state index in [1.807, 2.05) is 30.3 Å². The fourth-order valence-corrected chi connectivity index (χ4v) is 1.59. The third-order valence-corrected chi connectivity index (χ3v) is 3.06. The Bertz CT molecular complexity index is 467. The maximum absolute atomic E-state index is 5.78. The van der Waals surface area contributed by atoms with Gasteiger partial charge in [0.15, 0.2) is 0 Å². The largest absolute Gasteiger partial charge is 0.493 e. The minimum Gasteiger partial charge on any atom is -0.493 e. The lowest BCUT2D eigenvalue weighted by Gasteiger charge is -2.12. The van der Waals surface area contributed by atoms with Crippen LogP contribution in [0.4, 0.5) is 0 Å². The molecule has 0 bridgehead atoms. The number of thiol groups is 1. The first-order chi connectivity index (χ1) is 7.81. The second kappa shape index (κ2) is 5.21. The number of rotatable bonds is 4. The Morgan fingerprint density at radius 1 is 1.31 bits per heavy atom. The fourth-order valence-electron chi connectivity index (χ4n) is 1.49. The van der Waals surface area contributed by atoms with E-state index in [4.69, 9.17) is 4.74 Å². The molecule has 1 aromatic heterocycles. The molecule has 1 atom stereocenters. The highest BCUT2D eigenvalue weighted by Gasteiger charge is 2.04. The van der Waals surface area contributed by atoms with E-state index in [1.54, 1.807) is 6.20 Å². The molecule has 0 N–H and O–H groups in total. The molecule has 0 saturated heterocycles. The maximum Gasteiger partial charge on any atom is 0.128 e. The summed E-state index contributed by atoms with van der Waals surface area (Å²) in [6.07, 6.45) is 1.79. The lowest BCUT2D eigenvalue weighted by Crippen LogP contribution is -2.09. The third kappa shape index (κ3) is 2.47.